The molecule has 0 aromatic heterocycles. The summed E-state index contributed by atoms with van der Waals surface area (Å²) in [6.07, 6.45) is 0. The van der Waals surface area contributed by atoms with Gasteiger partial charge in [-0.25, -0.2) is 0 Å². The zero-order valence-electron chi connectivity index (χ0n) is 33.3. The zero-order chi connectivity index (χ0) is 38.2. The fourth-order valence-corrected chi connectivity index (χ4v) is 8.55. The van der Waals surface area contributed by atoms with Gasteiger partial charge < -0.3 is 14.7 Å². The van der Waals surface area contributed by atoms with E-state index in [1.165, 1.54) is 72.5 Å². The number of hydrogen-bond donors (Lipinski definition) is 0. The second kappa shape index (κ2) is 13.1. The normalized spacial score (nSPS) is 13.0. The van der Waals surface area contributed by atoms with Crippen LogP contribution in [0.5, 0.6) is 0 Å². The van der Waals surface area contributed by atoms with Gasteiger partial charge in [0.15, 0.2) is 0 Å². The molecule has 0 bridgehead atoms. The van der Waals surface area contributed by atoms with E-state index in [0.29, 0.717) is 0 Å². The van der Waals surface area contributed by atoms with Crippen LogP contribution in [0, 0.1) is 34.6 Å². The summed E-state index contributed by atoms with van der Waals surface area (Å²) < 4.78 is 0. The summed E-state index contributed by atoms with van der Waals surface area (Å²) in [6, 6.07) is 55.1. The van der Waals surface area contributed by atoms with Crippen LogP contribution in [-0.2, 0) is 5.41 Å². The topological polar surface area (TPSA) is 9.72 Å². The van der Waals surface area contributed by atoms with E-state index in [9.17, 15) is 0 Å². The molecule has 2 heterocycles. The van der Waals surface area contributed by atoms with Crippen molar-refractivity contribution in [3.63, 3.8) is 0 Å². The van der Waals surface area contributed by atoms with Crippen LogP contribution in [0.25, 0.3) is 0 Å². The maximum absolute atomic E-state index is 2.52. The molecule has 0 radical (unpaired) electrons. The molecule has 2 aliphatic heterocycles. The lowest BCUT2D eigenvalue weighted by atomic mass is 9.33. The molecule has 4 heteroatoms. The Bertz CT molecular complexity index is 2520. The Balaban J connectivity index is 1.40. The molecule has 7 aromatic rings. The van der Waals surface area contributed by atoms with E-state index in [1.54, 1.807) is 0 Å². The minimum atomic E-state index is 0.0539. The van der Waals surface area contributed by atoms with E-state index in [-0.39, 0.29) is 12.1 Å². The molecule has 0 saturated heterocycles. The SMILES string of the molecule is Cc1ccc(N(c2ccc(C)cc2)c2cc3c4c(c2)N(c2ccc(C(C)(C)C)cc2)c2ccc(C)cc2B4c2cc(C)ccc2N3c2ccc(C)cc2)cc1. The molecule has 0 saturated carbocycles. The first kappa shape index (κ1) is 34.8. The maximum atomic E-state index is 2.52. The standard InChI is InChI=1S/C51H48BN3/c1-33-9-19-39(20-10-33)53(40-21-11-34(2)12-22-40)43-31-48-50-49(32-43)55(42-25-17-38(18-26-42)51(6,7)8)47-28-16-37(5)30-45(47)52(50)44-29-36(4)15-27-46(44)54(48)41-23-13-35(3)14-24-41/h9-32H,1-8H3. The van der Waals surface area contributed by atoms with Crippen molar-refractivity contribution in [3.8, 4) is 0 Å². The maximum Gasteiger partial charge on any atom is 0.252 e. The van der Waals surface area contributed by atoms with Crippen molar-refractivity contribution >= 4 is 74.3 Å². The van der Waals surface area contributed by atoms with Crippen molar-refractivity contribution < 1.29 is 0 Å². The average molecular weight is 714 g/mol. The summed E-state index contributed by atoms with van der Waals surface area (Å²) in [5, 5.41) is 0. The first-order valence-electron chi connectivity index (χ1n) is 19.5. The van der Waals surface area contributed by atoms with Gasteiger partial charge in [-0.2, -0.15) is 0 Å². The Labute approximate surface area is 327 Å². The van der Waals surface area contributed by atoms with E-state index in [2.05, 4.69) is 216 Å². The molecule has 9 rings (SSSR count). The number of rotatable bonds is 5. The third kappa shape index (κ3) is 6.01. The van der Waals surface area contributed by atoms with E-state index in [1.807, 2.05) is 0 Å². The van der Waals surface area contributed by atoms with Crippen molar-refractivity contribution in [3.05, 3.63) is 179 Å². The van der Waals surface area contributed by atoms with Crippen LogP contribution in [0.1, 0.15) is 54.2 Å². The van der Waals surface area contributed by atoms with Gasteiger partial charge in [0.05, 0.1) is 5.69 Å². The van der Waals surface area contributed by atoms with E-state index >= 15 is 0 Å². The molecule has 0 N–H and O–H groups in total. The molecule has 0 fully saturated rings. The number of fused-ring (bicyclic) bond motifs is 4. The van der Waals surface area contributed by atoms with Crippen LogP contribution < -0.4 is 31.1 Å². The largest absolute Gasteiger partial charge is 0.311 e. The minimum absolute atomic E-state index is 0.0539. The van der Waals surface area contributed by atoms with Gasteiger partial charge in [0.2, 0.25) is 0 Å². The molecule has 270 valence electrons. The summed E-state index contributed by atoms with van der Waals surface area (Å²) >= 11 is 0. The molecule has 2 aliphatic rings. The van der Waals surface area contributed by atoms with Gasteiger partial charge in [0, 0.05) is 45.5 Å². The van der Waals surface area contributed by atoms with Crippen LogP contribution in [-0.4, -0.2) is 6.71 Å². The molecular formula is C51H48BN3. The Kier molecular flexibility index (Phi) is 8.27. The van der Waals surface area contributed by atoms with E-state index in [0.717, 1.165) is 28.4 Å². The first-order valence-corrected chi connectivity index (χ1v) is 19.5. The summed E-state index contributed by atoms with van der Waals surface area (Å²) in [7, 11) is 0. The monoisotopic (exact) mass is 713 g/mol. The summed E-state index contributed by atoms with van der Waals surface area (Å²) in [6.45, 7) is 17.8. The lowest BCUT2D eigenvalue weighted by Gasteiger charge is -2.45. The molecular weight excluding hydrogens is 665 g/mol. The third-order valence-electron chi connectivity index (χ3n) is 11.5. The van der Waals surface area contributed by atoms with Crippen LogP contribution >= 0.6 is 0 Å². The Morgan fingerprint density at radius 3 is 1.20 bits per heavy atom. The molecule has 55 heavy (non-hydrogen) atoms. The molecule has 3 nitrogen and oxygen atoms in total. The van der Waals surface area contributed by atoms with Crippen molar-refractivity contribution in [2.24, 2.45) is 0 Å². The highest BCUT2D eigenvalue weighted by Crippen LogP contribution is 2.48. The van der Waals surface area contributed by atoms with E-state index < -0.39 is 0 Å². The Hall–Kier alpha value is -6.00. The number of hydrogen-bond acceptors (Lipinski definition) is 3. The van der Waals surface area contributed by atoms with Gasteiger partial charge in [-0.3, -0.25) is 0 Å². The molecule has 0 unspecified atom stereocenters. The van der Waals surface area contributed by atoms with Crippen molar-refractivity contribution in [1.29, 1.82) is 0 Å². The van der Waals surface area contributed by atoms with Gasteiger partial charge in [-0.15, -0.1) is 0 Å². The highest BCUT2D eigenvalue weighted by atomic mass is 15.2. The molecule has 0 spiro atoms. The minimum Gasteiger partial charge on any atom is -0.311 e. The second-order valence-corrected chi connectivity index (χ2v) is 16.8. The van der Waals surface area contributed by atoms with Crippen LogP contribution in [0.3, 0.4) is 0 Å². The number of aryl methyl sites for hydroxylation is 5. The Morgan fingerprint density at radius 1 is 0.400 bits per heavy atom. The van der Waals surface area contributed by atoms with Gasteiger partial charge in [0.25, 0.3) is 6.71 Å². The highest BCUT2D eigenvalue weighted by Gasteiger charge is 2.44. The smallest absolute Gasteiger partial charge is 0.252 e. The lowest BCUT2D eigenvalue weighted by Crippen LogP contribution is -2.61. The van der Waals surface area contributed by atoms with E-state index in [4.69, 9.17) is 0 Å². The first-order chi connectivity index (χ1) is 26.4. The van der Waals surface area contributed by atoms with Crippen LogP contribution in [0.2, 0.25) is 0 Å². The molecule has 0 aliphatic carbocycles. The summed E-state index contributed by atoms with van der Waals surface area (Å²) in [5.74, 6) is 0. The number of anilines is 9. The molecule has 7 aromatic carbocycles. The average Bonchev–Trinajstić information content (AvgIpc) is 3.16. The Morgan fingerprint density at radius 2 is 0.782 bits per heavy atom. The predicted molar refractivity (Wildman–Crippen MR) is 238 cm³/mol. The third-order valence-corrected chi connectivity index (χ3v) is 11.5. The second-order valence-electron chi connectivity index (χ2n) is 16.8. The number of nitrogens with zero attached hydrogens (tertiary/aromatic N) is 3. The predicted octanol–water partition coefficient (Wildman–Crippen LogP) is 12.1. The molecule has 0 amide bonds. The quantitative estimate of drug-likeness (QED) is 0.164. The summed E-state index contributed by atoms with van der Waals surface area (Å²) in [5.41, 5.74) is 22.2. The molecule has 0 atom stereocenters. The number of benzene rings is 7. The van der Waals surface area contributed by atoms with Crippen LogP contribution in [0.4, 0.5) is 51.2 Å². The fourth-order valence-electron chi connectivity index (χ4n) is 8.55. The summed E-state index contributed by atoms with van der Waals surface area (Å²) in [4.78, 5) is 7.46. The van der Waals surface area contributed by atoms with Crippen molar-refractivity contribution in [1.82, 2.24) is 0 Å². The van der Waals surface area contributed by atoms with Gasteiger partial charge in [-0.05, 0) is 135 Å². The van der Waals surface area contributed by atoms with Gasteiger partial charge in [-0.1, -0.05) is 121 Å². The van der Waals surface area contributed by atoms with Crippen LogP contribution in [0.15, 0.2) is 146 Å². The fraction of sp³-hybridized carbons (Fsp3) is 0.176. The lowest BCUT2D eigenvalue weighted by molar-refractivity contribution is 0.590. The van der Waals surface area contributed by atoms with Crippen molar-refractivity contribution in [2.45, 2.75) is 60.8 Å². The van der Waals surface area contributed by atoms with Gasteiger partial charge >= 0.3 is 0 Å². The van der Waals surface area contributed by atoms with Gasteiger partial charge in [0.1, 0.15) is 0 Å². The van der Waals surface area contributed by atoms with Crippen molar-refractivity contribution in [2.75, 3.05) is 14.7 Å². The zero-order valence-corrected chi connectivity index (χ0v) is 33.3. The highest BCUT2D eigenvalue weighted by molar-refractivity contribution is 7.00.